The Kier molecular flexibility index (Phi) is 3.84. The number of benzene rings is 2. The first-order valence-corrected chi connectivity index (χ1v) is 7.77. The van der Waals surface area contributed by atoms with E-state index in [1.807, 2.05) is 19.2 Å². The van der Waals surface area contributed by atoms with Crippen LogP contribution in [-0.2, 0) is 0 Å². The van der Waals surface area contributed by atoms with Crippen LogP contribution in [0.2, 0.25) is 0 Å². The van der Waals surface area contributed by atoms with Gasteiger partial charge in [-0.1, -0.05) is 0 Å². The van der Waals surface area contributed by atoms with Crippen LogP contribution in [0.1, 0.15) is 19.4 Å². The van der Waals surface area contributed by atoms with E-state index in [2.05, 4.69) is 48.9 Å². The van der Waals surface area contributed by atoms with E-state index in [-0.39, 0.29) is 0 Å². The zero-order valence-electron chi connectivity index (χ0n) is 13.6. The fourth-order valence-corrected chi connectivity index (χ4v) is 2.82. The zero-order chi connectivity index (χ0) is 15.7. The summed E-state index contributed by atoms with van der Waals surface area (Å²) in [5, 5.41) is 4.36. The van der Waals surface area contributed by atoms with E-state index in [0.717, 1.165) is 46.9 Å². The summed E-state index contributed by atoms with van der Waals surface area (Å²) < 4.78 is 8.39. The third-order valence-corrected chi connectivity index (χ3v) is 4.11. The average Bonchev–Trinajstić information content (AvgIpc) is 2.53. The number of rotatable bonds is 3. The van der Waals surface area contributed by atoms with Crippen LogP contribution in [0.5, 0.6) is 0 Å². The van der Waals surface area contributed by atoms with Gasteiger partial charge in [0.25, 0.3) is 0 Å². The molecule has 22 heavy (non-hydrogen) atoms. The van der Waals surface area contributed by atoms with E-state index in [9.17, 15) is 0 Å². The number of aromatic nitrogens is 1. The van der Waals surface area contributed by atoms with E-state index in [1.165, 1.54) is 5.36 Å². The van der Waals surface area contributed by atoms with Crippen LogP contribution in [-0.4, -0.2) is 25.1 Å². The van der Waals surface area contributed by atoms with Crippen LogP contribution in [0.3, 0.4) is 0 Å². The van der Waals surface area contributed by atoms with Crippen molar-refractivity contribution in [3.63, 3.8) is 0 Å². The van der Waals surface area contributed by atoms with Crippen LogP contribution < -0.4 is 15.2 Å². The van der Waals surface area contributed by atoms with Crippen molar-refractivity contribution in [3.05, 3.63) is 41.3 Å². The molecule has 1 aliphatic heterocycles. The zero-order valence-corrected chi connectivity index (χ0v) is 13.6. The van der Waals surface area contributed by atoms with Gasteiger partial charge in [-0.15, -0.1) is 0 Å². The minimum absolute atomic E-state index is 0.805. The van der Waals surface area contributed by atoms with E-state index >= 15 is 0 Å². The van der Waals surface area contributed by atoms with Gasteiger partial charge >= 0.3 is 0 Å². The van der Waals surface area contributed by atoms with Crippen LogP contribution in [0.15, 0.2) is 34.7 Å². The molecule has 0 spiro atoms. The third kappa shape index (κ3) is 2.45. The van der Waals surface area contributed by atoms with Crippen molar-refractivity contribution in [3.8, 4) is 11.5 Å². The Bertz CT molecular complexity index is 858. The monoisotopic (exact) mass is 296 g/mol. The number of fused-ring (bicyclic) bond motifs is 2. The van der Waals surface area contributed by atoms with Gasteiger partial charge in [-0.2, -0.15) is 0 Å². The van der Waals surface area contributed by atoms with Crippen molar-refractivity contribution < 1.29 is 4.42 Å². The lowest BCUT2D eigenvalue weighted by atomic mass is 10.1. The first-order valence-electron chi connectivity index (χ1n) is 7.77. The molecule has 0 atom stereocenters. The molecule has 0 saturated heterocycles. The molecule has 0 bridgehead atoms. The lowest BCUT2D eigenvalue weighted by Crippen LogP contribution is -2.29. The largest absolute Gasteiger partial charge is 0.452 e. The second-order valence-electron chi connectivity index (χ2n) is 5.42. The molecular weight excluding hydrogens is 274 g/mol. The molecule has 114 valence electrons. The van der Waals surface area contributed by atoms with Gasteiger partial charge in [0.1, 0.15) is 24.3 Å². The van der Waals surface area contributed by atoms with E-state index < -0.39 is 0 Å². The molecule has 1 aliphatic carbocycles. The average molecular weight is 296 g/mol. The highest BCUT2D eigenvalue weighted by atomic mass is 16.3. The predicted molar refractivity (Wildman–Crippen MR) is 91.3 cm³/mol. The summed E-state index contributed by atoms with van der Waals surface area (Å²) in [6, 6.07) is 10.3. The molecule has 0 radical (unpaired) electrons. The first kappa shape index (κ1) is 14.6. The van der Waals surface area contributed by atoms with Gasteiger partial charge < -0.3 is 9.73 Å². The fourth-order valence-electron chi connectivity index (χ4n) is 2.82. The van der Waals surface area contributed by atoms with E-state index in [1.54, 1.807) is 0 Å². The van der Waals surface area contributed by atoms with Gasteiger partial charge in [-0.25, -0.2) is 9.56 Å². The summed E-state index contributed by atoms with van der Waals surface area (Å²) in [5.74, 6) is 0.822. The summed E-state index contributed by atoms with van der Waals surface area (Å²) in [6.07, 6.45) is 0. The Morgan fingerprint density at radius 3 is 2.59 bits per heavy atom. The second kappa shape index (κ2) is 5.79. The molecule has 1 heterocycles. The Labute approximate surface area is 130 Å². The van der Waals surface area contributed by atoms with Crippen molar-refractivity contribution in [2.45, 2.75) is 20.8 Å². The van der Waals surface area contributed by atoms with Crippen LogP contribution in [0.4, 0.5) is 5.69 Å². The maximum absolute atomic E-state index is 6.09. The molecule has 4 nitrogen and oxygen atoms in total. The van der Waals surface area contributed by atoms with Gasteiger partial charge in [0.05, 0.1) is 6.07 Å². The molecule has 0 unspecified atom stereocenters. The van der Waals surface area contributed by atoms with Gasteiger partial charge in [0.15, 0.2) is 11.3 Å². The summed E-state index contributed by atoms with van der Waals surface area (Å²) in [7, 11) is 1.92. The number of nitrogens with one attached hydrogen (secondary N) is 1. The van der Waals surface area contributed by atoms with Crippen molar-refractivity contribution in [2.24, 2.45) is 0 Å². The Morgan fingerprint density at radius 2 is 1.91 bits per heavy atom. The topological polar surface area (TPSA) is 41.1 Å². The molecule has 1 aromatic carbocycles. The molecule has 0 amide bonds. The van der Waals surface area contributed by atoms with Crippen molar-refractivity contribution in [1.82, 2.24) is 9.56 Å². The molecular formula is C18H22N3O+. The molecule has 0 fully saturated rings. The smallest absolute Gasteiger partial charge is 0.203 e. The van der Waals surface area contributed by atoms with Crippen molar-refractivity contribution in [1.29, 1.82) is 0 Å². The third-order valence-electron chi connectivity index (χ3n) is 4.11. The molecule has 0 aromatic heterocycles. The normalized spacial score (nSPS) is 11.1. The minimum atomic E-state index is 0.805. The van der Waals surface area contributed by atoms with Gasteiger partial charge in [0.2, 0.25) is 5.36 Å². The predicted octanol–water partition coefficient (Wildman–Crippen LogP) is 3.09. The maximum atomic E-state index is 6.09. The highest BCUT2D eigenvalue weighted by Gasteiger charge is 2.12. The Balaban J connectivity index is 2.30. The first-order chi connectivity index (χ1) is 10.7. The van der Waals surface area contributed by atoms with Gasteiger partial charge in [-0.3, -0.25) is 0 Å². The van der Waals surface area contributed by atoms with Gasteiger partial charge in [-0.05, 0) is 38.5 Å². The Hall–Kier alpha value is -2.36. The number of nitrogens with zero attached hydrogens (tertiary/aromatic N) is 2. The number of hydrogen-bond donors (Lipinski definition) is 1. The lowest BCUT2D eigenvalue weighted by Gasteiger charge is -2.09. The van der Waals surface area contributed by atoms with Crippen LogP contribution >= 0.6 is 0 Å². The molecule has 1 aromatic rings. The highest BCUT2D eigenvalue weighted by molar-refractivity contribution is 5.81. The SMILES string of the molecule is CC[N+](CC)=c1ccc2nc3cc(C)c(NC)cc3oc-2c1. The summed E-state index contributed by atoms with van der Waals surface area (Å²) in [5.41, 5.74) is 4.81. The van der Waals surface area contributed by atoms with Crippen molar-refractivity contribution >= 4 is 16.8 Å². The standard InChI is InChI=1S/C18H21N3O/c1-5-21(6-2)13-7-8-14-17(10-13)22-18-11-15(19-4)12(3)9-16(18)20-14/h7-11H,5-6H2,1-4H3/p+1. The van der Waals surface area contributed by atoms with E-state index in [4.69, 9.17) is 9.40 Å². The van der Waals surface area contributed by atoms with Crippen molar-refractivity contribution in [2.75, 3.05) is 25.5 Å². The summed E-state index contributed by atoms with van der Waals surface area (Å²) >= 11 is 0. The molecule has 1 N–H and O–H groups in total. The minimum Gasteiger partial charge on any atom is -0.452 e. The fraction of sp³-hybridized carbons (Fsp3) is 0.333. The lowest BCUT2D eigenvalue weighted by molar-refractivity contribution is 0.600. The number of anilines is 1. The highest BCUT2D eigenvalue weighted by Crippen LogP contribution is 2.27. The van der Waals surface area contributed by atoms with E-state index in [0.29, 0.717) is 0 Å². The van der Waals surface area contributed by atoms with Crippen LogP contribution in [0, 0.1) is 6.92 Å². The number of hydrogen-bond acceptors (Lipinski definition) is 3. The number of aryl methyl sites for hydroxylation is 1. The Morgan fingerprint density at radius 1 is 1.14 bits per heavy atom. The summed E-state index contributed by atoms with van der Waals surface area (Å²) in [4.78, 5) is 4.73. The van der Waals surface area contributed by atoms with Crippen LogP contribution in [0.25, 0.3) is 22.6 Å². The van der Waals surface area contributed by atoms with Gasteiger partial charge in [0, 0.05) is 24.9 Å². The maximum Gasteiger partial charge on any atom is 0.203 e. The summed E-state index contributed by atoms with van der Waals surface area (Å²) in [6.45, 7) is 8.34. The molecule has 3 rings (SSSR count). The quantitative estimate of drug-likeness (QED) is 0.596. The molecule has 0 saturated carbocycles. The second-order valence-corrected chi connectivity index (χ2v) is 5.42. The molecule has 2 aliphatic rings. The molecule has 4 heteroatoms.